The van der Waals surface area contributed by atoms with Crippen LogP contribution in [0.15, 0.2) is 12.3 Å². The summed E-state index contributed by atoms with van der Waals surface area (Å²) in [5.41, 5.74) is 1.96. The molecule has 0 spiro atoms. The lowest BCUT2D eigenvalue weighted by Gasteiger charge is -2.20. The van der Waals surface area contributed by atoms with Gasteiger partial charge in [0, 0.05) is 24.7 Å². The van der Waals surface area contributed by atoms with Crippen LogP contribution in [0.3, 0.4) is 0 Å². The van der Waals surface area contributed by atoms with Crippen molar-refractivity contribution in [2.45, 2.75) is 27.2 Å². The third kappa shape index (κ3) is 4.01. The predicted molar refractivity (Wildman–Crippen MR) is 92.0 cm³/mol. The maximum absolute atomic E-state index is 12.1. The highest BCUT2D eigenvalue weighted by Crippen LogP contribution is 2.34. The number of anilines is 1. The summed E-state index contributed by atoms with van der Waals surface area (Å²) in [7, 11) is -0.839. The molecule has 1 saturated heterocycles. The minimum Gasteiger partial charge on any atom is -0.296 e. The third-order valence-corrected chi connectivity index (χ3v) is 4.04. The van der Waals surface area contributed by atoms with E-state index in [2.05, 4.69) is 48.8 Å². The second-order valence-corrected chi connectivity index (χ2v) is 11.1. The molecule has 1 amide bonds. The Morgan fingerprint density at radius 3 is 2.48 bits per heavy atom. The van der Waals surface area contributed by atoms with Crippen LogP contribution >= 0.6 is 10.0 Å². The molecule has 1 aliphatic heterocycles. The van der Waals surface area contributed by atoms with Gasteiger partial charge in [0.05, 0.1) is 0 Å². The molecule has 1 fully saturated rings. The monoisotopic (exact) mass is 304 g/mol. The Balaban J connectivity index is 2.28. The van der Waals surface area contributed by atoms with Crippen molar-refractivity contribution in [2.75, 3.05) is 30.2 Å². The van der Waals surface area contributed by atoms with E-state index in [9.17, 15) is 4.79 Å². The van der Waals surface area contributed by atoms with Crippen LogP contribution in [0.2, 0.25) is 0 Å². The molecule has 2 heterocycles. The molecule has 0 radical (unpaired) electrons. The van der Waals surface area contributed by atoms with Gasteiger partial charge in [-0.3, -0.25) is 9.69 Å². The molecule has 1 aromatic rings. The van der Waals surface area contributed by atoms with Gasteiger partial charge in [-0.15, -0.1) is 0 Å². The molecule has 0 aliphatic carbocycles. The third-order valence-electron chi connectivity index (χ3n) is 3.32. The van der Waals surface area contributed by atoms with E-state index in [0.29, 0.717) is 6.42 Å². The van der Waals surface area contributed by atoms with Crippen molar-refractivity contribution in [1.29, 1.82) is 0 Å². The first-order valence-corrected chi connectivity index (χ1v) is 9.91. The van der Waals surface area contributed by atoms with Gasteiger partial charge in [0.2, 0.25) is 5.91 Å². The quantitative estimate of drug-likeness (QED) is 0.747. The van der Waals surface area contributed by atoms with Gasteiger partial charge in [-0.1, -0.05) is 19.8 Å². The zero-order chi connectivity index (χ0) is 15.8. The highest BCUT2D eigenvalue weighted by molar-refractivity contribution is 8.35. The van der Waals surface area contributed by atoms with Gasteiger partial charge in [0.1, 0.15) is 5.82 Å². The van der Waals surface area contributed by atoms with Crippen molar-refractivity contribution in [3.05, 3.63) is 23.4 Å². The Labute approximate surface area is 129 Å². The number of aryl methyl sites for hydroxylation is 1. The van der Waals surface area contributed by atoms with E-state index in [1.54, 1.807) is 6.20 Å². The zero-order valence-corrected chi connectivity index (χ0v) is 14.6. The van der Waals surface area contributed by atoms with E-state index in [4.69, 9.17) is 0 Å². The number of hydrogen-bond donors (Lipinski definition) is 0. The first-order valence-electron chi connectivity index (χ1n) is 7.05. The van der Waals surface area contributed by atoms with Gasteiger partial charge in [-0.25, -0.2) is 4.98 Å². The molecule has 21 heavy (non-hydrogen) atoms. The van der Waals surface area contributed by atoms with Crippen molar-refractivity contribution in [1.82, 2.24) is 4.98 Å². The second kappa shape index (κ2) is 5.38. The molecule has 2 rings (SSSR count). The largest absolute Gasteiger partial charge is 0.296 e. The van der Waals surface area contributed by atoms with E-state index in [1.165, 1.54) is 0 Å². The maximum atomic E-state index is 12.1. The summed E-state index contributed by atoms with van der Waals surface area (Å²) in [5, 5.41) is 3.29. The molecule has 0 N–H and O–H groups in total. The summed E-state index contributed by atoms with van der Waals surface area (Å²) in [6.07, 6.45) is 8.86. The van der Waals surface area contributed by atoms with Crippen LogP contribution in [0.5, 0.6) is 0 Å². The van der Waals surface area contributed by atoms with E-state index in [0.717, 1.165) is 23.5 Å². The van der Waals surface area contributed by atoms with E-state index in [-0.39, 0.29) is 11.3 Å². The Kier molecular flexibility index (Phi) is 4.08. The minimum atomic E-state index is -0.839. The normalized spacial score (nSPS) is 18.4. The molecule has 114 valence electrons. The lowest BCUT2D eigenvalue weighted by atomic mass is 9.93. The molecular formula is C17H24N2OS. The lowest BCUT2D eigenvalue weighted by Crippen LogP contribution is -2.27. The van der Waals surface area contributed by atoms with Gasteiger partial charge < -0.3 is 0 Å². The summed E-state index contributed by atoms with van der Waals surface area (Å²) in [6, 6.07) is 2.03. The highest BCUT2D eigenvalue weighted by atomic mass is 32.3. The standard InChI is InChI=1S/C17H24N2OS/c1-13-9-14(7-8-21(4,5)6)11-18-16(13)19-12-17(2,3)10-15(19)20/h9,11H,10,12H2,1-6H3. The summed E-state index contributed by atoms with van der Waals surface area (Å²) in [5.74, 6) is 4.13. The zero-order valence-electron chi connectivity index (χ0n) is 13.8. The maximum Gasteiger partial charge on any atom is 0.228 e. The molecule has 4 heteroatoms. The fourth-order valence-corrected chi connectivity index (χ4v) is 2.82. The number of hydrogen-bond acceptors (Lipinski definition) is 2. The summed E-state index contributed by atoms with van der Waals surface area (Å²) in [4.78, 5) is 18.4. The summed E-state index contributed by atoms with van der Waals surface area (Å²) in [6.45, 7) is 6.96. The number of carbonyl (C=O) groups is 1. The average molecular weight is 304 g/mol. The Morgan fingerprint density at radius 1 is 1.33 bits per heavy atom. The highest BCUT2D eigenvalue weighted by Gasteiger charge is 2.37. The van der Waals surface area contributed by atoms with Crippen molar-refractivity contribution in [2.24, 2.45) is 5.41 Å². The molecule has 0 bridgehead atoms. The van der Waals surface area contributed by atoms with Crippen molar-refractivity contribution in [3.63, 3.8) is 0 Å². The molecule has 0 unspecified atom stereocenters. The van der Waals surface area contributed by atoms with Crippen LogP contribution < -0.4 is 4.90 Å². The number of pyridine rings is 1. The van der Waals surface area contributed by atoms with Crippen LogP contribution in [-0.4, -0.2) is 36.2 Å². The van der Waals surface area contributed by atoms with Crippen molar-refractivity contribution in [3.8, 4) is 11.2 Å². The van der Waals surface area contributed by atoms with Crippen molar-refractivity contribution >= 4 is 21.8 Å². The van der Waals surface area contributed by atoms with E-state index in [1.807, 2.05) is 17.9 Å². The Bertz CT molecular complexity index is 632. The Hall–Kier alpha value is -1.47. The van der Waals surface area contributed by atoms with E-state index >= 15 is 0 Å². The number of amides is 1. The first-order chi connectivity index (χ1) is 9.57. The lowest BCUT2D eigenvalue weighted by molar-refractivity contribution is -0.117. The molecule has 0 saturated carbocycles. The van der Waals surface area contributed by atoms with Gasteiger partial charge in [-0.05, 0) is 48.0 Å². The predicted octanol–water partition coefficient (Wildman–Crippen LogP) is 3.16. The second-order valence-electron chi connectivity index (χ2n) is 7.25. The van der Waals surface area contributed by atoms with Crippen LogP contribution in [0, 0.1) is 23.5 Å². The molecule has 0 aromatic carbocycles. The number of carbonyl (C=O) groups excluding carboxylic acids is 1. The van der Waals surface area contributed by atoms with Crippen LogP contribution in [0.4, 0.5) is 5.82 Å². The van der Waals surface area contributed by atoms with Gasteiger partial charge in [-0.2, -0.15) is 10.0 Å². The molecule has 1 aliphatic rings. The van der Waals surface area contributed by atoms with Gasteiger partial charge in [0.15, 0.2) is 0 Å². The summed E-state index contributed by atoms with van der Waals surface area (Å²) >= 11 is 0. The molecule has 3 nitrogen and oxygen atoms in total. The SMILES string of the molecule is Cc1cc(C#CS(C)(C)C)cnc1N1CC(C)(C)CC1=O. The van der Waals surface area contributed by atoms with Crippen LogP contribution in [0.1, 0.15) is 31.4 Å². The van der Waals surface area contributed by atoms with Gasteiger partial charge >= 0.3 is 0 Å². The molecule has 0 atom stereocenters. The molecule has 1 aromatic heterocycles. The number of rotatable bonds is 1. The molecular weight excluding hydrogens is 280 g/mol. The average Bonchev–Trinajstić information content (AvgIpc) is 2.59. The minimum absolute atomic E-state index is 0.0271. The first kappa shape index (κ1) is 15.9. The van der Waals surface area contributed by atoms with Crippen molar-refractivity contribution < 1.29 is 4.79 Å². The fraction of sp³-hybridized carbons (Fsp3) is 0.529. The number of nitrogens with zero attached hydrogens (tertiary/aromatic N) is 2. The van der Waals surface area contributed by atoms with Gasteiger partial charge in [0.25, 0.3) is 0 Å². The topological polar surface area (TPSA) is 33.2 Å². The number of aromatic nitrogens is 1. The van der Waals surface area contributed by atoms with Crippen LogP contribution in [-0.2, 0) is 4.79 Å². The summed E-state index contributed by atoms with van der Waals surface area (Å²) < 4.78 is 0. The van der Waals surface area contributed by atoms with E-state index < -0.39 is 10.0 Å². The smallest absolute Gasteiger partial charge is 0.228 e. The Morgan fingerprint density at radius 2 is 2.00 bits per heavy atom. The fourth-order valence-electron chi connectivity index (χ4n) is 2.40. The van der Waals surface area contributed by atoms with Crippen LogP contribution in [0.25, 0.3) is 0 Å².